The Kier molecular flexibility index (Phi) is 5.42. The van der Waals surface area contributed by atoms with Gasteiger partial charge in [-0.1, -0.05) is 52.5 Å². The molecule has 0 spiro atoms. The molecular weight excluding hydrogens is 224 g/mol. The third-order valence-corrected chi connectivity index (χ3v) is 2.54. The van der Waals surface area contributed by atoms with Crippen LogP contribution in [0.2, 0.25) is 0 Å². The lowest BCUT2D eigenvalue weighted by atomic mass is 9.96. The van der Waals surface area contributed by atoms with E-state index in [-0.39, 0.29) is 11.7 Å². The fraction of sp³-hybridized carbons (Fsp3) is 0.500. The average Bonchev–Trinajstić information content (AvgIpc) is 2.34. The third-order valence-electron chi connectivity index (χ3n) is 2.54. The SMILES string of the molecule is C=Cc1ccc(OC(OCCC)C(C)(C)C)cc1. The van der Waals surface area contributed by atoms with Crippen molar-refractivity contribution < 1.29 is 9.47 Å². The fourth-order valence-corrected chi connectivity index (χ4v) is 1.49. The highest BCUT2D eigenvalue weighted by Gasteiger charge is 2.27. The normalized spacial score (nSPS) is 13.1. The highest BCUT2D eigenvalue weighted by atomic mass is 16.7. The summed E-state index contributed by atoms with van der Waals surface area (Å²) in [6, 6.07) is 7.87. The van der Waals surface area contributed by atoms with Crippen molar-refractivity contribution in [1.82, 2.24) is 0 Å². The Hall–Kier alpha value is -1.28. The minimum absolute atomic E-state index is 0.0493. The maximum atomic E-state index is 5.92. The molecule has 0 bridgehead atoms. The van der Waals surface area contributed by atoms with Gasteiger partial charge in [0.05, 0.1) is 6.61 Å². The van der Waals surface area contributed by atoms with Crippen molar-refractivity contribution in [3.8, 4) is 5.75 Å². The van der Waals surface area contributed by atoms with Gasteiger partial charge in [0.1, 0.15) is 5.75 Å². The van der Waals surface area contributed by atoms with E-state index in [1.54, 1.807) is 0 Å². The Morgan fingerprint density at radius 1 is 1.22 bits per heavy atom. The van der Waals surface area contributed by atoms with Crippen LogP contribution in [0.1, 0.15) is 39.7 Å². The first-order chi connectivity index (χ1) is 8.47. The molecule has 18 heavy (non-hydrogen) atoms. The molecule has 0 radical (unpaired) electrons. The van der Waals surface area contributed by atoms with Gasteiger partial charge >= 0.3 is 0 Å². The zero-order valence-corrected chi connectivity index (χ0v) is 11.9. The molecule has 0 N–H and O–H groups in total. The number of rotatable bonds is 6. The molecule has 0 fully saturated rings. The van der Waals surface area contributed by atoms with Crippen LogP contribution in [0.25, 0.3) is 6.08 Å². The first kappa shape index (κ1) is 14.8. The van der Waals surface area contributed by atoms with Crippen molar-refractivity contribution in [3.05, 3.63) is 36.4 Å². The van der Waals surface area contributed by atoms with E-state index >= 15 is 0 Å². The van der Waals surface area contributed by atoms with Crippen LogP contribution in [0.15, 0.2) is 30.8 Å². The van der Waals surface area contributed by atoms with Crippen molar-refractivity contribution in [1.29, 1.82) is 0 Å². The van der Waals surface area contributed by atoms with E-state index in [4.69, 9.17) is 9.47 Å². The van der Waals surface area contributed by atoms with Gasteiger partial charge in [0.15, 0.2) is 0 Å². The molecule has 1 rings (SSSR count). The molecule has 2 heteroatoms. The Balaban J connectivity index is 2.72. The fourth-order valence-electron chi connectivity index (χ4n) is 1.49. The molecular formula is C16H24O2. The Labute approximate surface area is 111 Å². The summed E-state index contributed by atoms with van der Waals surface area (Å²) in [5, 5.41) is 0. The largest absolute Gasteiger partial charge is 0.464 e. The predicted octanol–water partition coefficient (Wildman–Crippen LogP) is 4.51. The maximum Gasteiger partial charge on any atom is 0.204 e. The lowest BCUT2D eigenvalue weighted by Gasteiger charge is -2.30. The van der Waals surface area contributed by atoms with Gasteiger partial charge in [-0.05, 0) is 24.1 Å². The van der Waals surface area contributed by atoms with Crippen LogP contribution in [0.4, 0.5) is 0 Å². The summed E-state index contributed by atoms with van der Waals surface area (Å²) in [6.07, 6.45) is 2.58. The van der Waals surface area contributed by atoms with E-state index in [1.807, 2.05) is 30.3 Å². The van der Waals surface area contributed by atoms with Crippen LogP contribution in [0, 0.1) is 5.41 Å². The standard InChI is InChI=1S/C16H24O2/c1-6-12-17-15(16(3,4)5)18-14-10-8-13(7-2)9-11-14/h7-11,15H,2,6,12H2,1,3-5H3. The Morgan fingerprint density at radius 3 is 2.28 bits per heavy atom. The zero-order valence-electron chi connectivity index (χ0n) is 11.9. The molecule has 100 valence electrons. The molecule has 0 aliphatic carbocycles. The lowest BCUT2D eigenvalue weighted by molar-refractivity contribution is -0.140. The summed E-state index contributed by atoms with van der Waals surface area (Å²) in [5.74, 6) is 0.830. The summed E-state index contributed by atoms with van der Waals surface area (Å²) in [4.78, 5) is 0. The maximum absolute atomic E-state index is 5.92. The number of hydrogen-bond donors (Lipinski definition) is 0. The van der Waals surface area contributed by atoms with Crippen LogP contribution in [-0.2, 0) is 4.74 Å². The average molecular weight is 248 g/mol. The molecule has 0 aliphatic heterocycles. The molecule has 0 heterocycles. The number of benzene rings is 1. The van der Waals surface area contributed by atoms with Crippen LogP contribution in [0.3, 0.4) is 0 Å². The molecule has 0 amide bonds. The van der Waals surface area contributed by atoms with Crippen LogP contribution < -0.4 is 4.74 Å². The molecule has 0 aliphatic rings. The van der Waals surface area contributed by atoms with E-state index in [0.717, 1.165) is 17.7 Å². The molecule has 1 aromatic rings. The molecule has 1 unspecified atom stereocenters. The highest BCUT2D eigenvalue weighted by molar-refractivity contribution is 5.48. The predicted molar refractivity (Wildman–Crippen MR) is 76.6 cm³/mol. The number of ether oxygens (including phenoxy) is 2. The van der Waals surface area contributed by atoms with Crippen LogP contribution in [-0.4, -0.2) is 12.9 Å². The minimum Gasteiger partial charge on any atom is -0.464 e. The third kappa shape index (κ3) is 4.53. The van der Waals surface area contributed by atoms with Gasteiger partial charge in [-0.25, -0.2) is 0 Å². The Bertz CT molecular complexity index is 360. The van der Waals surface area contributed by atoms with E-state index in [1.165, 1.54) is 0 Å². The second-order valence-electron chi connectivity index (χ2n) is 5.46. The summed E-state index contributed by atoms with van der Waals surface area (Å²) in [7, 11) is 0. The van der Waals surface area contributed by atoms with Gasteiger partial charge in [-0.3, -0.25) is 0 Å². The minimum atomic E-state index is -0.230. The first-order valence-electron chi connectivity index (χ1n) is 6.48. The quantitative estimate of drug-likeness (QED) is 0.690. The van der Waals surface area contributed by atoms with Crippen LogP contribution >= 0.6 is 0 Å². The van der Waals surface area contributed by atoms with Crippen molar-refractivity contribution in [2.45, 2.75) is 40.4 Å². The monoisotopic (exact) mass is 248 g/mol. The van der Waals surface area contributed by atoms with E-state index in [9.17, 15) is 0 Å². The molecule has 2 nitrogen and oxygen atoms in total. The summed E-state index contributed by atoms with van der Waals surface area (Å²) >= 11 is 0. The van der Waals surface area contributed by atoms with E-state index in [0.29, 0.717) is 6.61 Å². The summed E-state index contributed by atoms with van der Waals surface area (Å²) < 4.78 is 11.7. The van der Waals surface area contributed by atoms with Crippen molar-refractivity contribution in [2.75, 3.05) is 6.61 Å². The van der Waals surface area contributed by atoms with Gasteiger partial charge in [-0.15, -0.1) is 0 Å². The van der Waals surface area contributed by atoms with Gasteiger partial charge in [0.2, 0.25) is 6.29 Å². The smallest absolute Gasteiger partial charge is 0.204 e. The lowest BCUT2D eigenvalue weighted by Crippen LogP contribution is -2.35. The van der Waals surface area contributed by atoms with E-state index < -0.39 is 0 Å². The molecule has 0 saturated carbocycles. The van der Waals surface area contributed by atoms with Gasteiger partial charge < -0.3 is 9.47 Å². The van der Waals surface area contributed by atoms with Crippen molar-refractivity contribution >= 4 is 6.08 Å². The Morgan fingerprint density at radius 2 is 1.83 bits per heavy atom. The van der Waals surface area contributed by atoms with Crippen molar-refractivity contribution in [2.24, 2.45) is 5.41 Å². The summed E-state index contributed by atoms with van der Waals surface area (Å²) in [5.41, 5.74) is 1.04. The first-order valence-corrected chi connectivity index (χ1v) is 6.48. The van der Waals surface area contributed by atoms with Crippen LogP contribution in [0.5, 0.6) is 5.75 Å². The topological polar surface area (TPSA) is 18.5 Å². The van der Waals surface area contributed by atoms with Gasteiger partial charge in [0, 0.05) is 5.41 Å². The summed E-state index contributed by atoms with van der Waals surface area (Å²) in [6.45, 7) is 12.9. The molecule has 0 saturated heterocycles. The second kappa shape index (κ2) is 6.60. The highest BCUT2D eigenvalue weighted by Crippen LogP contribution is 2.26. The molecule has 1 aromatic carbocycles. The van der Waals surface area contributed by atoms with Gasteiger partial charge in [0.25, 0.3) is 0 Å². The zero-order chi connectivity index (χ0) is 13.6. The molecule has 0 aromatic heterocycles. The molecule has 1 atom stereocenters. The van der Waals surface area contributed by atoms with E-state index in [2.05, 4.69) is 34.3 Å². The second-order valence-corrected chi connectivity index (χ2v) is 5.46. The van der Waals surface area contributed by atoms with Gasteiger partial charge in [-0.2, -0.15) is 0 Å². The van der Waals surface area contributed by atoms with Crippen molar-refractivity contribution in [3.63, 3.8) is 0 Å². The number of hydrogen-bond acceptors (Lipinski definition) is 2.